The second kappa shape index (κ2) is 4.34. The molecular weight excluding hydrogens is 279 g/mol. The topological polar surface area (TPSA) is 81.9 Å². The zero-order valence-corrected chi connectivity index (χ0v) is 11.7. The van der Waals surface area contributed by atoms with Crippen LogP contribution in [0.15, 0.2) is 12.1 Å². The van der Waals surface area contributed by atoms with E-state index < -0.39 is 23.4 Å². The van der Waals surface area contributed by atoms with Gasteiger partial charge < -0.3 is 15.2 Å². The van der Waals surface area contributed by atoms with Gasteiger partial charge in [0.1, 0.15) is 17.6 Å². The van der Waals surface area contributed by atoms with Crippen LogP contribution >= 0.6 is 0 Å². The third-order valence-electron chi connectivity index (χ3n) is 3.89. The molecule has 21 heavy (non-hydrogen) atoms. The number of esters is 1. The van der Waals surface area contributed by atoms with E-state index in [1.165, 1.54) is 18.1 Å². The molecule has 1 atom stereocenters. The minimum absolute atomic E-state index is 0.112. The summed E-state index contributed by atoms with van der Waals surface area (Å²) in [5.74, 6) is -1.28. The number of fused-ring (bicyclic) bond motifs is 1. The molecule has 1 aliphatic carbocycles. The molecule has 0 aromatic heterocycles. The minimum Gasteiger partial charge on any atom is -0.475 e. The highest BCUT2D eigenvalue weighted by Crippen LogP contribution is 2.50. The van der Waals surface area contributed by atoms with Crippen LogP contribution in [0, 0.1) is 5.82 Å². The van der Waals surface area contributed by atoms with Gasteiger partial charge in [-0.2, -0.15) is 0 Å². The molecule has 1 aromatic carbocycles. The second-order valence-electron chi connectivity index (χ2n) is 5.31. The van der Waals surface area contributed by atoms with Gasteiger partial charge in [0.05, 0.1) is 18.5 Å². The van der Waals surface area contributed by atoms with Crippen LogP contribution < -0.4 is 15.4 Å². The van der Waals surface area contributed by atoms with Crippen LogP contribution in [0.4, 0.5) is 15.8 Å². The van der Waals surface area contributed by atoms with E-state index in [1.807, 2.05) is 0 Å². The maximum Gasteiger partial charge on any atom is 0.328 e. The van der Waals surface area contributed by atoms with Crippen LogP contribution in [-0.2, 0) is 14.3 Å². The number of amides is 1. The van der Waals surface area contributed by atoms with Gasteiger partial charge >= 0.3 is 5.97 Å². The first-order chi connectivity index (χ1) is 9.89. The zero-order chi connectivity index (χ0) is 15.4. The lowest BCUT2D eigenvalue weighted by Crippen LogP contribution is -2.54. The molecule has 0 radical (unpaired) electrons. The molecule has 2 aliphatic rings. The molecule has 0 bridgehead atoms. The van der Waals surface area contributed by atoms with E-state index in [9.17, 15) is 14.0 Å². The first-order valence-electron chi connectivity index (χ1n) is 6.59. The number of carbonyl (C=O) groups is 2. The van der Waals surface area contributed by atoms with Gasteiger partial charge in [0.2, 0.25) is 0 Å². The van der Waals surface area contributed by atoms with Gasteiger partial charge in [0, 0.05) is 18.9 Å². The van der Waals surface area contributed by atoms with E-state index in [1.54, 1.807) is 6.92 Å². The fourth-order valence-electron chi connectivity index (χ4n) is 2.50. The number of nitrogen functional groups attached to an aromatic ring is 1. The van der Waals surface area contributed by atoms with Crippen molar-refractivity contribution in [2.24, 2.45) is 0 Å². The van der Waals surface area contributed by atoms with Crippen molar-refractivity contribution in [1.82, 2.24) is 0 Å². The molecule has 1 unspecified atom stereocenters. The number of nitrogens with zero attached hydrogens (tertiary/aromatic N) is 1. The lowest BCUT2D eigenvalue weighted by Gasteiger charge is -2.37. The van der Waals surface area contributed by atoms with Gasteiger partial charge in [0.25, 0.3) is 5.91 Å². The summed E-state index contributed by atoms with van der Waals surface area (Å²) < 4.78 is 24.0. The lowest BCUT2D eigenvalue weighted by atomic mass is 10.1. The molecule has 7 heteroatoms. The zero-order valence-electron chi connectivity index (χ0n) is 11.7. The van der Waals surface area contributed by atoms with Crippen LogP contribution in [0.2, 0.25) is 0 Å². The Bertz CT molecular complexity index is 642. The highest BCUT2D eigenvalue weighted by atomic mass is 19.1. The number of methoxy groups -OCH3 is 1. The number of hydrogen-bond donors (Lipinski definition) is 1. The Balaban J connectivity index is 2.12. The molecule has 1 heterocycles. The van der Waals surface area contributed by atoms with Gasteiger partial charge in [-0.05, 0) is 13.0 Å². The van der Waals surface area contributed by atoms with Crippen LogP contribution in [0.5, 0.6) is 5.75 Å². The third-order valence-corrected chi connectivity index (χ3v) is 3.89. The average molecular weight is 294 g/mol. The Labute approximate surface area is 120 Å². The van der Waals surface area contributed by atoms with Crippen LogP contribution in [0.3, 0.4) is 0 Å². The monoisotopic (exact) mass is 294 g/mol. The fraction of sp³-hybridized carbons (Fsp3) is 0.429. The van der Waals surface area contributed by atoms with Crippen LogP contribution in [0.1, 0.15) is 19.8 Å². The molecule has 112 valence electrons. The normalized spacial score (nSPS) is 19.8. The largest absolute Gasteiger partial charge is 0.475 e. The Morgan fingerprint density at radius 2 is 2.19 bits per heavy atom. The minimum atomic E-state index is -0.974. The number of hydrogen-bond acceptors (Lipinski definition) is 5. The van der Waals surface area contributed by atoms with Gasteiger partial charge in [-0.15, -0.1) is 0 Å². The molecular formula is C14H15FN2O4. The average Bonchev–Trinajstić information content (AvgIpc) is 3.22. The number of halogens is 1. The summed E-state index contributed by atoms with van der Waals surface area (Å²) in [6, 6.07) is 1.61. The molecule has 1 aromatic rings. The fourth-order valence-corrected chi connectivity index (χ4v) is 2.50. The summed E-state index contributed by atoms with van der Waals surface area (Å²) in [6.07, 6.45) is 1.09. The van der Waals surface area contributed by atoms with Crippen LogP contribution in [-0.4, -0.2) is 30.6 Å². The van der Waals surface area contributed by atoms with Crippen molar-refractivity contribution in [2.75, 3.05) is 17.7 Å². The van der Waals surface area contributed by atoms with Crippen molar-refractivity contribution in [3.05, 3.63) is 17.9 Å². The molecule has 1 amide bonds. The molecule has 3 rings (SSSR count). The van der Waals surface area contributed by atoms with Gasteiger partial charge in [-0.1, -0.05) is 0 Å². The maximum atomic E-state index is 13.6. The Kier molecular flexibility index (Phi) is 2.82. The highest BCUT2D eigenvalue weighted by molar-refractivity contribution is 6.08. The summed E-state index contributed by atoms with van der Waals surface area (Å²) in [5.41, 5.74) is 4.76. The lowest BCUT2D eigenvalue weighted by molar-refractivity contribution is -0.144. The van der Waals surface area contributed by atoms with Gasteiger partial charge in [0.15, 0.2) is 5.60 Å². The summed E-state index contributed by atoms with van der Waals surface area (Å²) in [6.45, 7) is 1.55. The first kappa shape index (κ1) is 13.7. The van der Waals surface area contributed by atoms with Crippen molar-refractivity contribution in [2.45, 2.75) is 31.4 Å². The molecule has 0 saturated heterocycles. The highest BCUT2D eigenvalue weighted by Gasteiger charge is 2.59. The summed E-state index contributed by atoms with van der Waals surface area (Å²) in [7, 11) is 1.25. The van der Waals surface area contributed by atoms with E-state index in [2.05, 4.69) is 0 Å². The number of nitrogens with two attached hydrogens (primary N) is 1. The summed E-state index contributed by atoms with van der Waals surface area (Å²) >= 11 is 0. The van der Waals surface area contributed by atoms with Gasteiger partial charge in [-0.3, -0.25) is 9.69 Å². The number of ether oxygens (including phenoxy) is 2. The molecule has 1 aliphatic heterocycles. The SMILES string of the molecule is COC(=O)C(C)N1C(=O)C2(CC2)Oc2cc(F)c(N)cc21. The maximum absolute atomic E-state index is 13.6. The van der Waals surface area contributed by atoms with E-state index >= 15 is 0 Å². The van der Waals surface area contributed by atoms with E-state index in [4.69, 9.17) is 15.2 Å². The van der Waals surface area contributed by atoms with Crippen molar-refractivity contribution in [3.8, 4) is 5.75 Å². The van der Waals surface area contributed by atoms with Crippen molar-refractivity contribution >= 4 is 23.3 Å². The third kappa shape index (κ3) is 1.91. The Morgan fingerprint density at radius 3 is 2.76 bits per heavy atom. The predicted molar refractivity (Wildman–Crippen MR) is 72.4 cm³/mol. The van der Waals surface area contributed by atoms with Crippen LogP contribution in [0.25, 0.3) is 0 Å². The second-order valence-corrected chi connectivity index (χ2v) is 5.31. The first-order valence-corrected chi connectivity index (χ1v) is 6.59. The molecule has 1 fully saturated rings. The molecule has 1 saturated carbocycles. The number of benzene rings is 1. The van der Waals surface area contributed by atoms with Crippen molar-refractivity contribution in [3.63, 3.8) is 0 Å². The van der Waals surface area contributed by atoms with Crippen molar-refractivity contribution in [1.29, 1.82) is 0 Å². The number of anilines is 2. The molecule has 1 spiro atoms. The summed E-state index contributed by atoms with van der Waals surface area (Å²) in [5, 5.41) is 0. The molecule has 2 N–H and O–H groups in total. The van der Waals surface area contributed by atoms with Gasteiger partial charge in [-0.25, -0.2) is 9.18 Å². The smallest absolute Gasteiger partial charge is 0.328 e. The van der Waals surface area contributed by atoms with Crippen molar-refractivity contribution < 1.29 is 23.5 Å². The summed E-state index contributed by atoms with van der Waals surface area (Å²) in [4.78, 5) is 25.7. The number of rotatable bonds is 2. The standard InChI is InChI=1S/C14H15FN2O4/c1-7(12(18)20-2)17-10-6-9(16)8(15)5-11(10)21-14(3-4-14)13(17)19/h5-7H,3-4,16H2,1-2H3. The van der Waals surface area contributed by atoms with E-state index in [-0.39, 0.29) is 23.0 Å². The quantitative estimate of drug-likeness (QED) is 0.655. The van der Waals surface area contributed by atoms with E-state index in [0.717, 1.165) is 6.07 Å². The number of carbonyl (C=O) groups excluding carboxylic acids is 2. The Morgan fingerprint density at radius 1 is 1.52 bits per heavy atom. The molecule has 6 nitrogen and oxygen atoms in total. The predicted octanol–water partition coefficient (Wildman–Crippen LogP) is 1.23. The Hall–Kier alpha value is -2.31. The van der Waals surface area contributed by atoms with E-state index in [0.29, 0.717) is 12.8 Å².